The summed E-state index contributed by atoms with van der Waals surface area (Å²) in [5, 5.41) is 6.03. The second-order valence-corrected chi connectivity index (χ2v) is 5.43. The van der Waals surface area contributed by atoms with Crippen LogP contribution in [0.3, 0.4) is 0 Å². The van der Waals surface area contributed by atoms with Crippen LogP contribution in [0.2, 0.25) is 0 Å². The van der Waals surface area contributed by atoms with Gasteiger partial charge >= 0.3 is 0 Å². The van der Waals surface area contributed by atoms with Crippen LogP contribution in [0.5, 0.6) is 11.5 Å². The third-order valence-corrected chi connectivity index (χ3v) is 3.37. The van der Waals surface area contributed by atoms with Crippen molar-refractivity contribution < 1.29 is 19.0 Å². The van der Waals surface area contributed by atoms with Crippen molar-refractivity contribution >= 4 is 24.0 Å². The average Bonchev–Trinajstić information content (AvgIpc) is 2.59. The van der Waals surface area contributed by atoms with Gasteiger partial charge in [-0.3, -0.25) is 4.79 Å². The first-order chi connectivity index (χ1) is 11.2. The molecule has 1 heterocycles. The van der Waals surface area contributed by atoms with E-state index in [1.165, 1.54) is 0 Å². The SMILES string of the molecule is CCCOc1ccc(NC(=O)C2COCCN2)cc1OCCC.Cl. The van der Waals surface area contributed by atoms with E-state index < -0.39 is 0 Å². The van der Waals surface area contributed by atoms with Gasteiger partial charge < -0.3 is 24.8 Å². The van der Waals surface area contributed by atoms with Gasteiger partial charge in [0.25, 0.3) is 0 Å². The molecule has 1 aromatic carbocycles. The third kappa shape index (κ3) is 6.19. The lowest BCUT2D eigenvalue weighted by atomic mass is 10.2. The standard InChI is InChI=1S/C17H26N2O4.ClH/c1-3-8-22-15-6-5-13(11-16(15)23-9-4-2)19-17(20)14-12-21-10-7-18-14;/h5-6,11,14,18H,3-4,7-10,12H2,1-2H3,(H,19,20);1H. The molecular weight excluding hydrogens is 332 g/mol. The van der Waals surface area contributed by atoms with Crippen molar-refractivity contribution in [1.29, 1.82) is 0 Å². The van der Waals surface area contributed by atoms with E-state index in [-0.39, 0.29) is 24.4 Å². The second-order valence-electron chi connectivity index (χ2n) is 5.43. The zero-order valence-electron chi connectivity index (χ0n) is 14.3. The summed E-state index contributed by atoms with van der Waals surface area (Å²) in [6.45, 7) is 7.07. The Bertz CT molecular complexity index is 507. The molecule has 24 heavy (non-hydrogen) atoms. The molecule has 1 amide bonds. The van der Waals surface area contributed by atoms with Gasteiger partial charge in [-0.05, 0) is 25.0 Å². The van der Waals surface area contributed by atoms with Crippen LogP contribution in [0.4, 0.5) is 5.69 Å². The molecule has 0 saturated carbocycles. The first-order valence-electron chi connectivity index (χ1n) is 8.26. The number of anilines is 1. The number of amides is 1. The summed E-state index contributed by atoms with van der Waals surface area (Å²) in [6, 6.07) is 5.15. The molecule has 136 valence electrons. The molecule has 0 aliphatic carbocycles. The van der Waals surface area contributed by atoms with Gasteiger partial charge in [-0.2, -0.15) is 0 Å². The number of benzene rings is 1. The van der Waals surface area contributed by atoms with Crippen LogP contribution in [0, 0.1) is 0 Å². The van der Waals surface area contributed by atoms with E-state index in [1.54, 1.807) is 0 Å². The first kappa shape index (κ1) is 20.5. The fourth-order valence-electron chi connectivity index (χ4n) is 2.21. The molecular formula is C17H27ClN2O4. The normalized spacial score (nSPS) is 16.8. The highest BCUT2D eigenvalue weighted by Gasteiger charge is 2.21. The fourth-order valence-corrected chi connectivity index (χ4v) is 2.21. The Labute approximate surface area is 149 Å². The molecule has 6 nitrogen and oxygen atoms in total. The molecule has 0 aromatic heterocycles. The maximum atomic E-state index is 12.2. The van der Waals surface area contributed by atoms with Crippen molar-refractivity contribution in [3.8, 4) is 11.5 Å². The van der Waals surface area contributed by atoms with Crippen LogP contribution in [-0.4, -0.2) is 44.9 Å². The van der Waals surface area contributed by atoms with E-state index in [1.807, 2.05) is 25.1 Å². The number of nitrogens with one attached hydrogen (secondary N) is 2. The lowest BCUT2D eigenvalue weighted by Gasteiger charge is -2.23. The Morgan fingerprint density at radius 3 is 2.58 bits per heavy atom. The zero-order chi connectivity index (χ0) is 16.5. The summed E-state index contributed by atoms with van der Waals surface area (Å²) in [5.74, 6) is 1.26. The predicted molar refractivity (Wildman–Crippen MR) is 96.5 cm³/mol. The van der Waals surface area contributed by atoms with Crippen LogP contribution in [0.1, 0.15) is 26.7 Å². The average molecular weight is 359 g/mol. The number of ether oxygens (including phenoxy) is 3. The largest absolute Gasteiger partial charge is 0.490 e. The number of morpholine rings is 1. The van der Waals surface area contributed by atoms with Gasteiger partial charge in [0.05, 0.1) is 26.4 Å². The van der Waals surface area contributed by atoms with Crippen LogP contribution >= 0.6 is 12.4 Å². The van der Waals surface area contributed by atoms with Crippen LogP contribution in [-0.2, 0) is 9.53 Å². The molecule has 2 N–H and O–H groups in total. The Kier molecular flexibility index (Phi) is 9.52. The minimum Gasteiger partial charge on any atom is -0.490 e. The molecule has 1 fully saturated rings. The third-order valence-electron chi connectivity index (χ3n) is 3.37. The highest BCUT2D eigenvalue weighted by molar-refractivity contribution is 5.95. The van der Waals surface area contributed by atoms with E-state index >= 15 is 0 Å². The molecule has 1 aliphatic heterocycles. The van der Waals surface area contributed by atoms with E-state index in [2.05, 4.69) is 17.6 Å². The predicted octanol–water partition coefficient (Wildman–Crippen LogP) is 2.61. The molecule has 1 aliphatic rings. The summed E-state index contributed by atoms with van der Waals surface area (Å²) in [5.41, 5.74) is 0.692. The Morgan fingerprint density at radius 2 is 1.96 bits per heavy atom. The van der Waals surface area contributed by atoms with E-state index in [0.717, 1.165) is 12.8 Å². The van der Waals surface area contributed by atoms with Crippen molar-refractivity contribution in [3.05, 3.63) is 18.2 Å². The summed E-state index contributed by atoms with van der Waals surface area (Å²) < 4.78 is 16.7. The Morgan fingerprint density at radius 1 is 1.25 bits per heavy atom. The molecule has 0 bridgehead atoms. The van der Waals surface area contributed by atoms with Gasteiger partial charge in [0.2, 0.25) is 5.91 Å². The van der Waals surface area contributed by atoms with Gasteiger partial charge in [0.15, 0.2) is 11.5 Å². The molecule has 7 heteroatoms. The Hall–Kier alpha value is -1.50. The first-order valence-corrected chi connectivity index (χ1v) is 8.26. The minimum atomic E-state index is -0.320. The molecule has 1 saturated heterocycles. The highest BCUT2D eigenvalue weighted by Crippen LogP contribution is 2.31. The van der Waals surface area contributed by atoms with Gasteiger partial charge in [0.1, 0.15) is 6.04 Å². The zero-order valence-corrected chi connectivity index (χ0v) is 15.1. The van der Waals surface area contributed by atoms with Crippen molar-refractivity contribution in [2.45, 2.75) is 32.7 Å². The topological polar surface area (TPSA) is 68.8 Å². The molecule has 1 atom stereocenters. The lowest BCUT2D eigenvalue weighted by molar-refractivity contribution is -0.120. The number of carbonyl (C=O) groups excluding carboxylic acids is 1. The van der Waals surface area contributed by atoms with E-state index in [9.17, 15) is 4.79 Å². The number of carbonyl (C=O) groups is 1. The number of hydrogen-bond acceptors (Lipinski definition) is 5. The maximum Gasteiger partial charge on any atom is 0.243 e. The molecule has 1 aromatic rings. The second kappa shape index (κ2) is 11.1. The van der Waals surface area contributed by atoms with Crippen molar-refractivity contribution in [2.24, 2.45) is 0 Å². The summed E-state index contributed by atoms with van der Waals surface area (Å²) in [7, 11) is 0. The van der Waals surface area contributed by atoms with Crippen molar-refractivity contribution in [1.82, 2.24) is 5.32 Å². The number of rotatable bonds is 8. The Balaban J connectivity index is 0.00000288. The van der Waals surface area contributed by atoms with Crippen molar-refractivity contribution in [2.75, 3.05) is 38.3 Å². The summed E-state index contributed by atoms with van der Waals surface area (Å²) in [4.78, 5) is 12.2. The molecule has 0 spiro atoms. The quantitative estimate of drug-likeness (QED) is 0.747. The maximum absolute atomic E-state index is 12.2. The number of halogens is 1. The summed E-state index contributed by atoms with van der Waals surface area (Å²) in [6.07, 6.45) is 1.84. The van der Waals surface area contributed by atoms with Gasteiger partial charge in [-0.25, -0.2) is 0 Å². The van der Waals surface area contributed by atoms with E-state index in [0.29, 0.717) is 50.2 Å². The smallest absolute Gasteiger partial charge is 0.243 e. The van der Waals surface area contributed by atoms with Gasteiger partial charge in [0, 0.05) is 18.3 Å². The van der Waals surface area contributed by atoms with Crippen molar-refractivity contribution in [3.63, 3.8) is 0 Å². The lowest BCUT2D eigenvalue weighted by Crippen LogP contribution is -2.48. The molecule has 1 unspecified atom stereocenters. The van der Waals surface area contributed by atoms with Gasteiger partial charge in [-0.15, -0.1) is 12.4 Å². The minimum absolute atomic E-state index is 0. The molecule has 2 rings (SSSR count). The van der Waals surface area contributed by atoms with Crippen LogP contribution < -0.4 is 20.1 Å². The van der Waals surface area contributed by atoms with E-state index in [4.69, 9.17) is 14.2 Å². The van der Waals surface area contributed by atoms with Crippen LogP contribution in [0.15, 0.2) is 18.2 Å². The van der Waals surface area contributed by atoms with Crippen LogP contribution in [0.25, 0.3) is 0 Å². The monoisotopic (exact) mass is 358 g/mol. The van der Waals surface area contributed by atoms with Gasteiger partial charge in [-0.1, -0.05) is 13.8 Å². The highest BCUT2D eigenvalue weighted by atomic mass is 35.5. The molecule has 0 radical (unpaired) electrons. The number of hydrogen-bond donors (Lipinski definition) is 2. The fraction of sp³-hybridized carbons (Fsp3) is 0.588. The summed E-state index contributed by atoms with van der Waals surface area (Å²) >= 11 is 0.